The first-order valence-corrected chi connectivity index (χ1v) is 4.38. The normalized spacial score (nSPS) is 9.14. The molecule has 3 heteroatoms. The van der Waals surface area contributed by atoms with Gasteiger partial charge < -0.3 is 10.0 Å². The first-order valence-electron chi connectivity index (χ1n) is 4.38. The summed E-state index contributed by atoms with van der Waals surface area (Å²) in [5.41, 5.74) is 2.70. The van der Waals surface area contributed by atoms with E-state index in [2.05, 4.69) is 50.2 Å². The number of hydrogen-bond acceptors (Lipinski definition) is 2. The molecule has 0 aliphatic rings. The quantitative estimate of drug-likeness (QED) is 0.731. The highest BCUT2D eigenvalue weighted by Gasteiger charge is 1.92. The highest BCUT2D eigenvalue weighted by Crippen LogP contribution is 2.04. The van der Waals surface area contributed by atoms with Crippen LogP contribution in [0.15, 0.2) is 24.3 Å². The third kappa shape index (κ3) is 6.20. The molecule has 0 saturated heterocycles. The maximum absolute atomic E-state index is 8.36. The van der Waals surface area contributed by atoms with E-state index in [1.165, 1.54) is 11.1 Å². The Bertz CT molecular complexity index is 254. The van der Waals surface area contributed by atoms with E-state index in [1.54, 1.807) is 0 Å². The van der Waals surface area contributed by atoms with Crippen LogP contribution in [-0.4, -0.2) is 30.6 Å². The monoisotopic (exact) mass is 195 g/mol. The van der Waals surface area contributed by atoms with Crippen LogP contribution >= 0.6 is 0 Å². The molecule has 0 aliphatic heterocycles. The summed E-state index contributed by atoms with van der Waals surface area (Å²) in [4.78, 5) is 10.5. The minimum absolute atomic E-state index is 0.250. The van der Waals surface area contributed by atoms with Crippen molar-refractivity contribution in [2.45, 2.75) is 13.5 Å². The number of carboxylic acid groups (broad SMARTS) is 1. The topological polar surface area (TPSA) is 40.5 Å². The molecular formula is C11H17NO2. The zero-order chi connectivity index (χ0) is 11.0. The molecule has 1 aromatic rings. The molecule has 3 nitrogen and oxygen atoms in total. The second-order valence-corrected chi connectivity index (χ2v) is 3.33. The van der Waals surface area contributed by atoms with Crippen molar-refractivity contribution >= 4 is 6.47 Å². The van der Waals surface area contributed by atoms with Crippen LogP contribution in [0.4, 0.5) is 0 Å². The third-order valence-electron chi connectivity index (χ3n) is 1.62. The SMILES string of the molecule is Cc1ccc(CN(C)C)cc1.O=CO. The van der Waals surface area contributed by atoms with Crippen molar-refractivity contribution in [2.24, 2.45) is 0 Å². The standard InChI is InChI=1S/C10H15N.CH2O2/c1-9-4-6-10(7-5-9)8-11(2)3;2-1-3/h4-7H,8H2,1-3H3;1H,(H,2,3). The molecule has 0 bridgehead atoms. The van der Waals surface area contributed by atoms with Crippen LogP contribution < -0.4 is 0 Å². The van der Waals surface area contributed by atoms with E-state index in [4.69, 9.17) is 9.90 Å². The first kappa shape index (κ1) is 12.7. The largest absolute Gasteiger partial charge is 0.483 e. The van der Waals surface area contributed by atoms with Gasteiger partial charge in [-0.3, -0.25) is 4.79 Å². The van der Waals surface area contributed by atoms with Gasteiger partial charge in [0.05, 0.1) is 0 Å². The Kier molecular flexibility index (Phi) is 6.41. The van der Waals surface area contributed by atoms with Gasteiger partial charge in [0.25, 0.3) is 6.47 Å². The number of aryl methyl sites for hydroxylation is 1. The Labute approximate surface area is 85.0 Å². The summed E-state index contributed by atoms with van der Waals surface area (Å²) in [7, 11) is 4.17. The van der Waals surface area contributed by atoms with Crippen LogP contribution in [0, 0.1) is 6.92 Å². The van der Waals surface area contributed by atoms with E-state index >= 15 is 0 Å². The molecule has 0 aliphatic carbocycles. The lowest BCUT2D eigenvalue weighted by molar-refractivity contribution is -0.122. The van der Waals surface area contributed by atoms with Crippen molar-refractivity contribution in [3.05, 3.63) is 35.4 Å². The summed E-state index contributed by atoms with van der Waals surface area (Å²) in [6, 6.07) is 8.66. The smallest absolute Gasteiger partial charge is 0.290 e. The average Bonchev–Trinajstić information content (AvgIpc) is 2.09. The molecule has 0 radical (unpaired) electrons. The van der Waals surface area contributed by atoms with E-state index in [0.717, 1.165) is 6.54 Å². The zero-order valence-corrected chi connectivity index (χ0v) is 8.90. The Hall–Kier alpha value is -1.35. The van der Waals surface area contributed by atoms with Crippen molar-refractivity contribution in [2.75, 3.05) is 14.1 Å². The second-order valence-electron chi connectivity index (χ2n) is 3.33. The van der Waals surface area contributed by atoms with Gasteiger partial charge >= 0.3 is 0 Å². The third-order valence-corrected chi connectivity index (χ3v) is 1.62. The summed E-state index contributed by atoms with van der Waals surface area (Å²) >= 11 is 0. The lowest BCUT2D eigenvalue weighted by atomic mass is 10.1. The molecular weight excluding hydrogens is 178 g/mol. The van der Waals surface area contributed by atoms with Gasteiger partial charge in [0, 0.05) is 6.54 Å². The number of carbonyl (C=O) groups is 1. The summed E-state index contributed by atoms with van der Waals surface area (Å²) in [5, 5.41) is 6.89. The molecule has 1 rings (SSSR count). The van der Waals surface area contributed by atoms with Crippen LogP contribution in [0.3, 0.4) is 0 Å². The second kappa shape index (κ2) is 7.09. The minimum Gasteiger partial charge on any atom is -0.483 e. The van der Waals surface area contributed by atoms with Crippen LogP contribution in [-0.2, 0) is 11.3 Å². The van der Waals surface area contributed by atoms with Gasteiger partial charge in [-0.05, 0) is 26.6 Å². The van der Waals surface area contributed by atoms with Crippen LogP contribution in [0.2, 0.25) is 0 Å². The minimum atomic E-state index is -0.250. The van der Waals surface area contributed by atoms with E-state index in [9.17, 15) is 0 Å². The Morgan fingerprint density at radius 3 is 2.07 bits per heavy atom. The van der Waals surface area contributed by atoms with E-state index in [0.29, 0.717) is 0 Å². The molecule has 0 atom stereocenters. The maximum atomic E-state index is 8.36. The van der Waals surface area contributed by atoms with E-state index in [-0.39, 0.29) is 6.47 Å². The van der Waals surface area contributed by atoms with Gasteiger partial charge in [-0.2, -0.15) is 0 Å². The molecule has 0 fully saturated rings. The van der Waals surface area contributed by atoms with Gasteiger partial charge in [-0.25, -0.2) is 0 Å². The number of nitrogens with zero attached hydrogens (tertiary/aromatic N) is 1. The molecule has 0 heterocycles. The van der Waals surface area contributed by atoms with Crippen molar-refractivity contribution in [3.63, 3.8) is 0 Å². The summed E-state index contributed by atoms with van der Waals surface area (Å²) in [6.45, 7) is 2.89. The molecule has 14 heavy (non-hydrogen) atoms. The lowest BCUT2D eigenvalue weighted by Crippen LogP contribution is -2.10. The summed E-state index contributed by atoms with van der Waals surface area (Å²) in [6.07, 6.45) is 0. The average molecular weight is 195 g/mol. The Morgan fingerprint density at radius 2 is 1.71 bits per heavy atom. The maximum Gasteiger partial charge on any atom is 0.290 e. The summed E-state index contributed by atoms with van der Waals surface area (Å²) < 4.78 is 0. The highest BCUT2D eigenvalue weighted by molar-refractivity contribution is 5.32. The van der Waals surface area contributed by atoms with Crippen LogP contribution in [0.25, 0.3) is 0 Å². The Balaban J connectivity index is 0.000000500. The Morgan fingerprint density at radius 1 is 1.29 bits per heavy atom. The van der Waals surface area contributed by atoms with E-state index < -0.39 is 0 Å². The van der Waals surface area contributed by atoms with Gasteiger partial charge in [0.1, 0.15) is 0 Å². The van der Waals surface area contributed by atoms with Crippen molar-refractivity contribution in [3.8, 4) is 0 Å². The van der Waals surface area contributed by atoms with Crippen molar-refractivity contribution in [1.29, 1.82) is 0 Å². The number of benzene rings is 1. The number of hydrogen-bond donors (Lipinski definition) is 1. The molecule has 0 saturated carbocycles. The van der Waals surface area contributed by atoms with Gasteiger partial charge in [-0.15, -0.1) is 0 Å². The fourth-order valence-corrected chi connectivity index (χ4v) is 1.06. The van der Waals surface area contributed by atoms with E-state index in [1.807, 2.05) is 0 Å². The lowest BCUT2D eigenvalue weighted by Gasteiger charge is -2.08. The fourth-order valence-electron chi connectivity index (χ4n) is 1.06. The van der Waals surface area contributed by atoms with Crippen LogP contribution in [0.5, 0.6) is 0 Å². The van der Waals surface area contributed by atoms with Crippen LogP contribution in [0.1, 0.15) is 11.1 Å². The molecule has 1 N–H and O–H groups in total. The van der Waals surface area contributed by atoms with Gasteiger partial charge in [0.2, 0.25) is 0 Å². The number of rotatable bonds is 2. The summed E-state index contributed by atoms with van der Waals surface area (Å²) in [5.74, 6) is 0. The van der Waals surface area contributed by atoms with Gasteiger partial charge in [0.15, 0.2) is 0 Å². The first-order chi connectivity index (χ1) is 6.60. The molecule has 0 aromatic heterocycles. The van der Waals surface area contributed by atoms with Crippen molar-refractivity contribution < 1.29 is 9.90 Å². The molecule has 1 aromatic carbocycles. The van der Waals surface area contributed by atoms with Crippen molar-refractivity contribution in [1.82, 2.24) is 4.90 Å². The van der Waals surface area contributed by atoms with Gasteiger partial charge in [-0.1, -0.05) is 29.8 Å². The predicted octanol–water partition coefficient (Wildman–Crippen LogP) is 1.76. The fraction of sp³-hybridized carbons (Fsp3) is 0.364. The highest BCUT2D eigenvalue weighted by atomic mass is 16.3. The predicted molar refractivity (Wildman–Crippen MR) is 57.3 cm³/mol. The zero-order valence-electron chi connectivity index (χ0n) is 8.90. The molecule has 0 spiro atoms. The molecule has 78 valence electrons. The molecule has 0 unspecified atom stereocenters. The molecule has 0 amide bonds.